The third-order valence-corrected chi connectivity index (χ3v) is 2.98. The van der Waals surface area contributed by atoms with Gasteiger partial charge >= 0.3 is 6.18 Å². The highest BCUT2D eigenvalue weighted by Gasteiger charge is 2.26. The predicted molar refractivity (Wildman–Crippen MR) is 57.4 cm³/mol. The van der Waals surface area contributed by atoms with Gasteiger partial charge in [0.2, 0.25) is 0 Å². The van der Waals surface area contributed by atoms with Gasteiger partial charge in [-0.25, -0.2) is 4.98 Å². The molecule has 0 spiro atoms. The smallest absolute Gasteiger partial charge is 0.302 e. The molecule has 86 valence electrons. The first-order valence-electron chi connectivity index (χ1n) is 4.66. The van der Waals surface area contributed by atoms with Crippen LogP contribution in [-0.4, -0.2) is 17.7 Å². The molecule has 0 atom stereocenters. The van der Waals surface area contributed by atoms with Gasteiger partial charge in [0.15, 0.2) is 0 Å². The molecular formula is C10H9F3N2S. The summed E-state index contributed by atoms with van der Waals surface area (Å²) < 4.78 is 36.6. The van der Waals surface area contributed by atoms with E-state index in [1.807, 2.05) is 24.3 Å². The van der Waals surface area contributed by atoms with Crippen LogP contribution in [0.4, 0.5) is 13.2 Å². The number of rotatable bonds is 3. The number of alkyl halides is 3. The van der Waals surface area contributed by atoms with Crippen LogP contribution >= 0.6 is 11.3 Å². The van der Waals surface area contributed by atoms with E-state index in [2.05, 4.69) is 10.3 Å². The first-order valence-corrected chi connectivity index (χ1v) is 5.48. The van der Waals surface area contributed by atoms with Gasteiger partial charge in [-0.2, -0.15) is 13.2 Å². The van der Waals surface area contributed by atoms with Crippen LogP contribution < -0.4 is 5.32 Å². The number of fused-ring (bicyclic) bond motifs is 1. The van der Waals surface area contributed by atoms with Gasteiger partial charge in [-0.05, 0) is 12.1 Å². The van der Waals surface area contributed by atoms with Crippen molar-refractivity contribution in [1.82, 2.24) is 10.3 Å². The molecule has 0 unspecified atom stereocenters. The normalized spacial score (nSPS) is 12.2. The summed E-state index contributed by atoms with van der Waals surface area (Å²) in [5.74, 6) is 0. The maximum atomic E-state index is 11.9. The molecule has 2 aromatic rings. The molecule has 2 nitrogen and oxygen atoms in total. The zero-order chi connectivity index (χ0) is 11.6. The molecule has 16 heavy (non-hydrogen) atoms. The fourth-order valence-corrected chi connectivity index (χ4v) is 2.24. The number of hydrogen-bond donors (Lipinski definition) is 1. The number of thiazole rings is 1. The molecule has 0 amide bonds. The Morgan fingerprint density at radius 1 is 1.25 bits per heavy atom. The van der Waals surface area contributed by atoms with Crippen molar-refractivity contribution in [2.24, 2.45) is 0 Å². The van der Waals surface area contributed by atoms with E-state index >= 15 is 0 Å². The number of para-hydroxylation sites is 1. The van der Waals surface area contributed by atoms with E-state index in [4.69, 9.17) is 0 Å². The zero-order valence-corrected chi connectivity index (χ0v) is 9.03. The first-order chi connectivity index (χ1) is 7.54. The summed E-state index contributed by atoms with van der Waals surface area (Å²) in [6, 6.07) is 7.49. The van der Waals surface area contributed by atoms with Gasteiger partial charge in [-0.1, -0.05) is 12.1 Å². The topological polar surface area (TPSA) is 24.9 Å². The molecule has 0 radical (unpaired) electrons. The summed E-state index contributed by atoms with van der Waals surface area (Å²) >= 11 is 1.41. The summed E-state index contributed by atoms with van der Waals surface area (Å²) in [5.41, 5.74) is 0.830. The maximum absolute atomic E-state index is 11.9. The van der Waals surface area contributed by atoms with Crippen molar-refractivity contribution in [3.05, 3.63) is 29.3 Å². The average molecular weight is 246 g/mol. The minimum Gasteiger partial charge on any atom is -0.302 e. The minimum absolute atomic E-state index is 0.152. The SMILES string of the molecule is FC(F)(F)CNCc1nc2ccccc2s1. The van der Waals surface area contributed by atoms with Crippen molar-refractivity contribution in [1.29, 1.82) is 0 Å². The Hall–Kier alpha value is -1.14. The van der Waals surface area contributed by atoms with Crippen LogP contribution in [0.3, 0.4) is 0 Å². The average Bonchev–Trinajstić information content (AvgIpc) is 2.57. The van der Waals surface area contributed by atoms with Gasteiger partial charge < -0.3 is 5.32 Å². The Morgan fingerprint density at radius 2 is 2.00 bits per heavy atom. The molecule has 0 fully saturated rings. The maximum Gasteiger partial charge on any atom is 0.401 e. The lowest BCUT2D eigenvalue weighted by molar-refractivity contribution is -0.125. The highest BCUT2D eigenvalue weighted by atomic mass is 32.1. The van der Waals surface area contributed by atoms with Crippen LogP contribution in [0.5, 0.6) is 0 Å². The minimum atomic E-state index is -4.17. The lowest BCUT2D eigenvalue weighted by Crippen LogP contribution is -2.28. The monoisotopic (exact) mass is 246 g/mol. The Kier molecular flexibility index (Phi) is 3.11. The predicted octanol–water partition coefficient (Wildman–Crippen LogP) is 2.95. The van der Waals surface area contributed by atoms with Crippen LogP contribution in [0, 0.1) is 0 Å². The van der Waals surface area contributed by atoms with Crippen LogP contribution in [0.1, 0.15) is 5.01 Å². The van der Waals surface area contributed by atoms with E-state index in [1.165, 1.54) is 11.3 Å². The fourth-order valence-electron chi connectivity index (χ4n) is 1.31. The van der Waals surface area contributed by atoms with Crippen molar-refractivity contribution in [2.75, 3.05) is 6.54 Å². The van der Waals surface area contributed by atoms with Gasteiger partial charge in [0.05, 0.1) is 16.8 Å². The van der Waals surface area contributed by atoms with Crippen LogP contribution in [0.25, 0.3) is 10.2 Å². The molecule has 0 saturated heterocycles. The third-order valence-electron chi connectivity index (χ3n) is 1.94. The number of benzene rings is 1. The number of hydrogen-bond acceptors (Lipinski definition) is 3. The van der Waals surface area contributed by atoms with E-state index in [9.17, 15) is 13.2 Å². The van der Waals surface area contributed by atoms with Crippen LogP contribution in [-0.2, 0) is 6.54 Å². The molecule has 1 aromatic heterocycles. The second-order valence-electron chi connectivity index (χ2n) is 3.29. The highest BCUT2D eigenvalue weighted by Crippen LogP contribution is 2.21. The van der Waals surface area contributed by atoms with E-state index in [0.29, 0.717) is 5.01 Å². The molecule has 1 heterocycles. The molecule has 0 saturated carbocycles. The first kappa shape index (κ1) is 11.3. The summed E-state index contributed by atoms with van der Waals surface area (Å²) in [4.78, 5) is 4.22. The molecule has 0 aliphatic carbocycles. The van der Waals surface area contributed by atoms with Gasteiger partial charge in [-0.15, -0.1) is 11.3 Å². The van der Waals surface area contributed by atoms with E-state index in [0.717, 1.165) is 10.2 Å². The molecule has 1 N–H and O–H groups in total. The van der Waals surface area contributed by atoms with Gasteiger partial charge in [0.1, 0.15) is 5.01 Å². The van der Waals surface area contributed by atoms with Crippen molar-refractivity contribution in [3.63, 3.8) is 0 Å². The lowest BCUT2D eigenvalue weighted by atomic mass is 10.3. The van der Waals surface area contributed by atoms with Crippen molar-refractivity contribution < 1.29 is 13.2 Å². The highest BCUT2D eigenvalue weighted by molar-refractivity contribution is 7.18. The van der Waals surface area contributed by atoms with Crippen LogP contribution in [0.15, 0.2) is 24.3 Å². The Balaban J connectivity index is 2.00. The number of nitrogens with zero attached hydrogens (tertiary/aromatic N) is 1. The van der Waals surface area contributed by atoms with Gasteiger partial charge in [-0.3, -0.25) is 0 Å². The Bertz CT molecular complexity index is 445. The van der Waals surface area contributed by atoms with Crippen molar-refractivity contribution in [2.45, 2.75) is 12.7 Å². The molecule has 6 heteroatoms. The quantitative estimate of drug-likeness (QED) is 0.900. The second kappa shape index (κ2) is 4.39. The summed E-state index contributed by atoms with van der Waals surface area (Å²) in [6.07, 6.45) is -4.17. The van der Waals surface area contributed by atoms with Crippen molar-refractivity contribution >= 4 is 21.6 Å². The lowest BCUT2D eigenvalue weighted by Gasteiger charge is -2.05. The molecule has 2 rings (SSSR count). The molecule has 1 aromatic carbocycles. The summed E-state index contributed by atoms with van der Waals surface area (Å²) in [7, 11) is 0. The number of nitrogens with one attached hydrogen (secondary N) is 1. The van der Waals surface area contributed by atoms with Gasteiger partial charge in [0.25, 0.3) is 0 Å². The summed E-state index contributed by atoms with van der Waals surface area (Å²) in [5, 5.41) is 3.00. The van der Waals surface area contributed by atoms with Gasteiger partial charge in [0, 0.05) is 6.54 Å². The largest absolute Gasteiger partial charge is 0.401 e. The fraction of sp³-hybridized carbons (Fsp3) is 0.300. The Morgan fingerprint density at radius 3 is 2.69 bits per heavy atom. The third kappa shape index (κ3) is 2.93. The standard InChI is InChI=1S/C10H9F3N2S/c11-10(12,13)6-14-5-9-15-7-3-1-2-4-8(7)16-9/h1-4,14H,5-6H2. The van der Waals surface area contributed by atoms with E-state index < -0.39 is 12.7 Å². The summed E-state index contributed by atoms with van der Waals surface area (Å²) in [6.45, 7) is -0.832. The molecular weight excluding hydrogens is 237 g/mol. The van der Waals surface area contributed by atoms with E-state index in [1.54, 1.807) is 0 Å². The Labute approximate surface area is 94.1 Å². The van der Waals surface area contributed by atoms with Crippen LogP contribution in [0.2, 0.25) is 0 Å². The van der Waals surface area contributed by atoms with E-state index in [-0.39, 0.29) is 6.54 Å². The van der Waals surface area contributed by atoms with Crippen molar-refractivity contribution in [3.8, 4) is 0 Å². The molecule has 0 aliphatic rings. The molecule has 0 bridgehead atoms. The molecule has 0 aliphatic heterocycles. The number of halogens is 3. The second-order valence-corrected chi connectivity index (χ2v) is 4.41. The number of aromatic nitrogens is 1. The zero-order valence-electron chi connectivity index (χ0n) is 8.21.